The molecule has 0 aromatic rings. The van der Waals surface area contributed by atoms with E-state index in [4.69, 9.17) is 0 Å². The molecule has 0 nitrogen and oxygen atoms in total. The Morgan fingerprint density at radius 2 is 1.13 bits per heavy atom. The molecule has 0 saturated heterocycles. The zero-order valence-corrected chi connectivity index (χ0v) is 17.0. The van der Waals surface area contributed by atoms with Gasteiger partial charge in [-0.2, -0.15) is 0 Å². The standard InChI is InChI=1S/C23H46/c1-5-7-9-11-12-13-14-15-16-18-21-20-22(21)23(3,4)19-17-10-8-6-2/h21-22H,5-20H2,1-4H3. The van der Waals surface area contributed by atoms with Crippen molar-refractivity contribution in [1.29, 1.82) is 0 Å². The Morgan fingerprint density at radius 1 is 0.652 bits per heavy atom. The summed E-state index contributed by atoms with van der Waals surface area (Å²) in [7, 11) is 0. The van der Waals surface area contributed by atoms with Crippen LogP contribution in [0.3, 0.4) is 0 Å². The molecule has 0 amide bonds. The zero-order valence-electron chi connectivity index (χ0n) is 17.0. The van der Waals surface area contributed by atoms with Crippen LogP contribution in [0.25, 0.3) is 0 Å². The van der Waals surface area contributed by atoms with Gasteiger partial charge >= 0.3 is 0 Å². The van der Waals surface area contributed by atoms with E-state index in [2.05, 4.69) is 27.7 Å². The SMILES string of the molecule is CCCCCCCCCCCC1CC1C(C)(C)CCCCCC. The second-order valence-electron chi connectivity index (χ2n) is 9.02. The van der Waals surface area contributed by atoms with Crippen molar-refractivity contribution in [3.05, 3.63) is 0 Å². The molecule has 0 aliphatic heterocycles. The van der Waals surface area contributed by atoms with Crippen LogP contribution < -0.4 is 0 Å². The van der Waals surface area contributed by atoms with E-state index in [1.54, 1.807) is 0 Å². The molecular weight excluding hydrogens is 276 g/mol. The van der Waals surface area contributed by atoms with Gasteiger partial charge in [-0.05, 0) is 30.1 Å². The molecule has 0 heteroatoms. The van der Waals surface area contributed by atoms with Crippen LogP contribution in [0.2, 0.25) is 0 Å². The number of rotatable bonds is 16. The Labute approximate surface area is 148 Å². The highest BCUT2D eigenvalue weighted by atomic mass is 14.5. The summed E-state index contributed by atoms with van der Waals surface area (Å²) in [4.78, 5) is 0. The van der Waals surface area contributed by atoms with Gasteiger partial charge in [-0.1, -0.05) is 118 Å². The van der Waals surface area contributed by atoms with Gasteiger partial charge in [0.2, 0.25) is 0 Å². The van der Waals surface area contributed by atoms with Crippen LogP contribution in [-0.4, -0.2) is 0 Å². The first-order valence-electron chi connectivity index (χ1n) is 11.1. The molecule has 0 N–H and O–H groups in total. The van der Waals surface area contributed by atoms with Crippen LogP contribution in [0.5, 0.6) is 0 Å². The van der Waals surface area contributed by atoms with E-state index >= 15 is 0 Å². The maximum absolute atomic E-state index is 2.54. The second kappa shape index (κ2) is 12.4. The summed E-state index contributed by atoms with van der Waals surface area (Å²) in [6, 6.07) is 0. The van der Waals surface area contributed by atoms with Crippen molar-refractivity contribution >= 4 is 0 Å². The first-order chi connectivity index (χ1) is 11.1. The topological polar surface area (TPSA) is 0 Å². The highest BCUT2D eigenvalue weighted by molar-refractivity contribution is 4.95. The van der Waals surface area contributed by atoms with E-state index in [9.17, 15) is 0 Å². The van der Waals surface area contributed by atoms with E-state index in [-0.39, 0.29) is 0 Å². The molecule has 0 radical (unpaired) electrons. The third-order valence-corrected chi connectivity index (χ3v) is 6.28. The summed E-state index contributed by atoms with van der Waals surface area (Å²) in [6.45, 7) is 9.70. The predicted molar refractivity (Wildman–Crippen MR) is 106 cm³/mol. The normalized spacial score (nSPS) is 20.9. The summed E-state index contributed by atoms with van der Waals surface area (Å²) < 4.78 is 0. The van der Waals surface area contributed by atoms with E-state index in [1.165, 1.54) is 103 Å². The zero-order chi connectivity index (χ0) is 17.0. The lowest BCUT2D eigenvalue weighted by Gasteiger charge is -2.25. The average Bonchev–Trinajstić information content (AvgIpc) is 3.30. The molecule has 0 aromatic carbocycles. The average molecular weight is 323 g/mol. The lowest BCUT2D eigenvalue weighted by molar-refractivity contribution is 0.254. The predicted octanol–water partition coefficient (Wildman–Crippen LogP) is 8.54. The van der Waals surface area contributed by atoms with Crippen LogP contribution in [-0.2, 0) is 0 Å². The van der Waals surface area contributed by atoms with E-state index < -0.39 is 0 Å². The quantitative estimate of drug-likeness (QED) is 0.250. The smallest absolute Gasteiger partial charge is 0.0323 e. The number of hydrogen-bond acceptors (Lipinski definition) is 0. The van der Waals surface area contributed by atoms with Gasteiger partial charge in [-0.3, -0.25) is 0 Å². The van der Waals surface area contributed by atoms with E-state index in [1.807, 2.05) is 0 Å². The Hall–Kier alpha value is 0. The molecule has 2 atom stereocenters. The molecule has 1 aliphatic carbocycles. The summed E-state index contributed by atoms with van der Waals surface area (Å²) >= 11 is 0. The van der Waals surface area contributed by atoms with Gasteiger partial charge < -0.3 is 0 Å². The molecule has 0 spiro atoms. The van der Waals surface area contributed by atoms with Gasteiger partial charge in [0.15, 0.2) is 0 Å². The Bertz CT molecular complexity index is 265. The van der Waals surface area contributed by atoms with Crippen molar-refractivity contribution in [3.8, 4) is 0 Å². The van der Waals surface area contributed by atoms with E-state index in [0.717, 1.165) is 11.8 Å². The fourth-order valence-electron chi connectivity index (χ4n) is 4.43. The van der Waals surface area contributed by atoms with Gasteiger partial charge in [0.25, 0.3) is 0 Å². The van der Waals surface area contributed by atoms with Gasteiger partial charge in [0.1, 0.15) is 0 Å². The van der Waals surface area contributed by atoms with E-state index in [0.29, 0.717) is 5.41 Å². The fourth-order valence-corrected chi connectivity index (χ4v) is 4.43. The van der Waals surface area contributed by atoms with Crippen LogP contribution in [0, 0.1) is 17.3 Å². The molecule has 1 fully saturated rings. The molecular formula is C23H46. The molecule has 138 valence electrons. The van der Waals surface area contributed by atoms with Crippen molar-refractivity contribution in [2.75, 3.05) is 0 Å². The monoisotopic (exact) mass is 322 g/mol. The van der Waals surface area contributed by atoms with Crippen molar-refractivity contribution in [3.63, 3.8) is 0 Å². The lowest BCUT2D eigenvalue weighted by atomic mass is 9.80. The van der Waals surface area contributed by atoms with Crippen molar-refractivity contribution < 1.29 is 0 Å². The summed E-state index contributed by atoms with van der Waals surface area (Å²) in [5, 5.41) is 0. The molecule has 0 heterocycles. The Morgan fingerprint density at radius 3 is 1.70 bits per heavy atom. The van der Waals surface area contributed by atoms with Crippen LogP contribution in [0.15, 0.2) is 0 Å². The Kier molecular flexibility index (Phi) is 11.3. The third kappa shape index (κ3) is 9.78. The molecule has 2 unspecified atom stereocenters. The summed E-state index contributed by atoms with van der Waals surface area (Å²) in [5.74, 6) is 2.14. The van der Waals surface area contributed by atoms with Crippen LogP contribution in [0.4, 0.5) is 0 Å². The minimum atomic E-state index is 0.623. The third-order valence-electron chi connectivity index (χ3n) is 6.28. The molecule has 0 bridgehead atoms. The van der Waals surface area contributed by atoms with Crippen molar-refractivity contribution in [2.24, 2.45) is 17.3 Å². The van der Waals surface area contributed by atoms with Crippen LogP contribution in [0.1, 0.15) is 130 Å². The number of unbranched alkanes of at least 4 members (excludes halogenated alkanes) is 11. The lowest BCUT2D eigenvalue weighted by Crippen LogP contribution is -2.15. The van der Waals surface area contributed by atoms with Crippen molar-refractivity contribution in [1.82, 2.24) is 0 Å². The largest absolute Gasteiger partial charge is 0.0654 e. The highest BCUT2D eigenvalue weighted by Crippen LogP contribution is 2.55. The van der Waals surface area contributed by atoms with Gasteiger partial charge in [0, 0.05) is 0 Å². The first-order valence-corrected chi connectivity index (χ1v) is 11.1. The maximum atomic E-state index is 2.54. The highest BCUT2D eigenvalue weighted by Gasteiger charge is 2.45. The Balaban J connectivity index is 1.93. The second-order valence-corrected chi connectivity index (χ2v) is 9.02. The van der Waals surface area contributed by atoms with Crippen LogP contribution >= 0.6 is 0 Å². The maximum Gasteiger partial charge on any atom is -0.0323 e. The summed E-state index contributed by atoms with van der Waals surface area (Å²) in [6.07, 6.45) is 23.5. The fraction of sp³-hybridized carbons (Fsp3) is 1.00. The molecule has 1 rings (SSSR count). The minimum absolute atomic E-state index is 0.623. The molecule has 1 aliphatic rings. The number of hydrogen-bond donors (Lipinski definition) is 0. The first kappa shape index (κ1) is 21.0. The molecule has 23 heavy (non-hydrogen) atoms. The van der Waals surface area contributed by atoms with Gasteiger partial charge in [-0.15, -0.1) is 0 Å². The molecule has 0 aromatic heterocycles. The van der Waals surface area contributed by atoms with Gasteiger partial charge in [-0.25, -0.2) is 0 Å². The summed E-state index contributed by atoms with van der Waals surface area (Å²) in [5.41, 5.74) is 0.623. The molecule has 1 saturated carbocycles. The van der Waals surface area contributed by atoms with Gasteiger partial charge in [0.05, 0.1) is 0 Å². The van der Waals surface area contributed by atoms with Crippen molar-refractivity contribution in [2.45, 2.75) is 130 Å². The minimum Gasteiger partial charge on any atom is -0.0654 e.